The fourth-order valence-electron chi connectivity index (χ4n) is 2.32. The van der Waals surface area contributed by atoms with Crippen molar-refractivity contribution in [3.63, 3.8) is 0 Å². The molecule has 1 aliphatic rings. The molecule has 1 aromatic rings. The second-order valence-electron chi connectivity index (χ2n) is 4.76. The van der Waals surface area contributed by atoms with Crippen LogP contribution in [0.5, 0.6) is 0 Å². The molecular weight excluding hydrogens is 228 g/mol. The number of aryl methyl sites for hydroxylation is 1. The molecule has 2 atom stereocenters. The molecule has 0 saturated heterocycles. The molecule has 5 heteroatoms. The first-order valence-electron chi connectivity index (χ1n) is 6.19. The van der Waals surface area contributed by atoms with E-state index < -0.39 is 0 Å². The Labute approximate surface area is 107 Å². The molecule has 0 bridgehead atoms. The molecule has 18 heavy (non-hydrogen) atoms. The summed E-state index contributed by atoms with van der Waals surface area (Å²) in [6.45, 7) is 3.77. The quantitative estimate of drug-likeness (QED) is 0.882. The summed E-state index contributed by atoms with van der Waals surface area (Å²) in [5.74, 6) is 0.599. The molecule has 5 nitrogen and oxygen atoms in total. The minimum Gasteiger partial charge on any atom is -0.381 e. The second-order valence-corrected chi connectivity index (χ2v) is 4.76. The van der Waals surface area contributed by atoms with Crippen molar-refractivity contribution in [2.75, 3.05) is 12.4 Å². The highest BCUT2D eigenvalue weighted by Gasteiger charge is 2.25. The van der Waals surface area contributed by atoms with Gasteiger partial charge in [0.05, 0.1) is 11.8 Å². The first-order valence-corrected chi connectivity index (χ1v) is 6.19. The van der Waals surface area contributed by atoms with Crippen LogP contribution < -0.4 is 5.32 Å². The number of aromatic nitrogens is 2. The van der Waals surface area contributed by atoms with E-state index in [0.29, 0.717) is 23.5 Å². The van der Waals surface area contributed by atoms with Gasteiger partial charge >= 0.3 is 0 Å². The number of nitrogens with zero attached hydrogens (tertiary/aromatic N) is 3. The Morgan fingerprint density at radius 2 is 2.11 bits per heavy atom. The van der Waals surface area contributed by atoms with Crippen LogP contribution in [0.3, 0.4) is 0 Å². The van der Waals surface area contributed by atoms with Gasteiger partial charge in [0.15, 0.2) is 5.82 Å². The number of hydrogen-bond acceptors (Lipinski definition) is 5. The van der Waals surface area contributed by atoms with Crippen LogP contribution in [0.2, 0.25) is 0 Å². The minimum absolute atomic E-state index is 0.313. The average molecular weight is 246 g/mol. The van der Waals surface area contributed by atoms with E-state index >= 15 is 0 Å². The molecule has 0 aromatic carbocycles. The predicted octanol–water partition coefficient (Wildman–Crippen LogP) is 1.94. The summed E-state index contributed by atoms with van der Waals surface area (Å²) in [6, 6.07) is 2.53. The number of rotatable bonds is 3. The van der Waals surface area contributed by atoms with Crippen molar-refractivity contribution >= 4 is 5.82 Å². The standard InChI is InChI=1S/C13H18N4O/c1-8-9(2)16-17-13(12(8)7-14)15-10-4-5-11(6-10)18-3/h10-11H,4-6H2,1-3H3,(H,15,17). The lowest BCUT2D eigenvalue weighted by atomic mass is 10.1. The van der Waals surface area contributed by atoms with Crippen LogP contribution >= 0.6 is 0 Å². The van der Waals surface area contributed by atoms with Crippen LogP contribution in [0.25, 0.3) is 0 Å². The number of anilines is 1. The Kier molecular flexibility index (Phi) is 3.78. The number of nitriles is 1. The normalized spacial score (nSPS) is 22.8. The molecule has 1 fully saturated rings. The van der Waals surface area contributed by atoms with Crippen molar-refractivity contribution in [2.24, 2.45) is 0 Å². The van der Waals surface area contributed by atoms with E-state index in [2.05, 4.69) is 21.6 Å². The molecule has 2 unspecified atom stereocenters. The Morgan fingerprint density at radius 3 is 2.72 bits per heavy atom. The van der Waals surface area contributed by atoms with Gasteiger partial charge in [0.25, 0.3) is 0 Å². The van der Waals surface area contributed by atoms with Gasteiger partial charge in [-0.3, -0.25) is 0 Å². The third-order valence-corrected chi connectivity index (χ3v) is 3.63. The van der Waals surface area contributed by atoms with Gasteiger partial charge in [0.2, 0.25) is 0 Å². The summed E-state index contributed by atoms with van der Waals surface area (Å²) in [7, 11) is 1.74. The van der Waals surface area contributed by atoms with Crippen molar-refractivity contribution in [1.29, 1.82) is 5.26 Å². The fraction of sp³-hybridized carbons (Fsp3) is 0.615. The van der Waals surface area contributed by atoms with Crippen LogP contribution in [-0.2, 0) is 4.74 Å². The maximum absolute atomic E-state index is 9.21. The van der Waals surface area contributed by atoms with E-state index in [1.165, 1.54) is 0 Å². The van der Waals surface area contributed by atoms with Gasteiger partial charge in [-0.15, -0.1) is 5.10 Å². The molecule has 1 heterocycles. The fourth-order valence-corrected chi connectivity index (χ4v) is 2.32. The van der Waals surface area contributed by atoms with Crippen LogP contribution in [0, 0.1) is 25.2 Å². The first kappa shape index (κ1) is 12.8. The number of nitrogens with one attached hydrogen (secondary N) is 1. The zero-order valence-corrected chi connectivity index (χ0v) is 11.0. The summed E-state index contributed by atoms with van der Waals surface area (Å²) in [6.07, 6.45) is 3.36. The lowest BCUT2D eigenvalue weighted by Gasteiger charge is -2.15. The third-order valence-electron chi connectivity index (χ3n) is 3.63. The smallest absolute Gasteiger partial charge is 0.167 e. The molecular formula is C13H18N4O. The van der Waals surface area contributed by atoms with Gasteiger partial charge < -0.3 is 10.1 Å². The number of methoxy groups -OCH3 is 1. The van der Waals surface area contributed by atoms with Gasteiger partial charge in [-0.05, 0) is 38.7 Å². The molecule has 96 valence electrons. The average Bonchev–Trinajstić information content (AvgIpc) is 2.82. The van der Waals surface area contributed by atoms with E-state index in [9.17, 15) is 5.26 Å². The molecule has 0 amide bonds. The summed E-state index contributed by atoms with van der Waals surface area (Å²) in [5.41, 5.74) is 2.30. The van der Waals surface area contributed by atoms with Crippen molar-refractivity contribution in [2.45, 2.75) is 45.3 Å². The maximum Gasteiger partial charge on any atom is 0.167 e. The number of ether oxygens (including phenoxy) is 1. The Morgan fingerprint density at radius 1 is 1.33 bits per heavy atom. The molecule has 1 saturated carbocycles. The van der Waals surface area contributed by atoms with Crippen molar-refractivity contribution in [1.82, 2.24) is 10.2 Å². The summed E-state index contributed by atoms with van der Waals surface area (Å²) in [4.78, 5) is 0. The zero-order chi connectivity index (χ0) is 13.1. The number of hydrogen-bond donors (Lipinski definition) is 1. The highest BCUT2D eigenvalue weighted by atomic mass is 16.5. The zero-order valence-electron chi connectivity index (χ0n) is 11.0. The molecule has 0 spiro atoms. The van der Waals surface area contributed by atoms with E-state index in [1.54, 1.807) is 7.11 Å². The molecule has 0 aliphatic heterocycles. The van der Waals surface area contributed by atoms with E-state index in [-0.39, 0.29) is 0 Å². The van der Waals surface area contributed by atoms with E-state index in [4.69, 9.17) is 4.74 Å². The second kappa shape index (κ2) is 5.32. The van der Waals surface area contributed by atoms with E-state index in [1.807, 2.05) is 13.8 Å². The van der Waals surface area contributed by atoms with Crippen molar-refractivity contribution < 1.29 is 4.74 Å². The van der Waals surface area contributed by atoms with Gasteiger partial charge in [0.1, 0.15) is 11.6 Å². The summed E-state index contributed by atoms with van der Waals surface area (Å²) < 4.78 is 5.34. The highest BCUT2D eigenvalue weighted by molar-refractivity contribution is 5.56. The van der Waals surface area contributed by atoms with E-state index in [0.717, 1.165) is 30.5 Å². The van der Waals surface area contributed by atoms with Gasteiger partial charge in [-0.2, -0.15) is 10.4 Å². The van der Waals surface area contributed by atoms with Crippen LogP contribution in [0.15, 0.2) is 0 Å². The Hall–Kier alpha value is -1.67. The van der Waals surface area contributed by atoms with Crippen molar-refractivity contribution in [3.05, 3.63) is 16.8 Å². The predicted molar refractivity (Wildman–Crippen MR) is 68.3 cm³/mol. The van der Waals surface area contributed by atoms with Crippen LogP contribution in [0.1, 0.15) is 36.1 Å². The van der Waals surface area contributed by atoms with Crippen LogP contribution in [0.4, 0.5) is 5.82 Å². The summed E-state index contributed by atoms with van der Waals surface area (Å²) in [5, 5.41) is 20.7. The molecule has 1 N–H and O–H groups in total. The van der Waals surface area contributed by atoms with Gasteiger partial charge in [-0.25, -0.2) is 0 Å². The highest BCUT2D eigenvalue weighted by Crippen LogP contribution is 2.26. The lowest BCUT2D eigenvalue weighted by Crippen LogP contribution is -2.19. The molecule has 1 aromatic heterocycles. The maximum atomic E-state index is 9.21. The first-order chi connectivity index (χ1) is 8.65. The monoisotopic (exact) mass is 246 g/mol. The third kappa shape index (κ3) is 2.44. The molecule has 0 radical (unpaired) electrons. The lowest BCUT2D eigenvalue weighted by molar-refractivity contribution is 0.108. The van der Waals surface area contributed by atoms with Crippen molar-refractivity contribution in [3.8, 4) is 6.07 Å². The summed E-state index contributed by atoms with van der Waals surface area (Å²) >= 11 is 0. The molecule has 2 rings (SSSR count). The Bertz CT molecular complexity index is 481. The SMILES string of the molecule is COC1CCC(Nc2nnc(C)c(C)c2C#N)C1. The van der Waals surface area contributed by atoms with Gasteiger partial charge in [0, 0.05) is 13.2 Å². The topological polar surface area (TPSA) is 70.8 Å². The largest absolute Gasteiger partial charge is 0.381 e. The molecule has 1 aliphatic carbocycles. The van der Waals surface area contributed by atoms with Gasteiger partial charge in [-0.1, -0.05) is 0 Å². The van der Waals surface area contributed by atoms with Crippen LogP contribution in [-0.4, -0.2) is 29.5 Å². The Balaban J connectivity index is 2.16. The minimum atomic E-state index is 0.313.